The zero-order valence-electron chi connectivity index (χ0n) is 15.8. The van der Waals surface area contributed by atoms with Crippen LogP contribution < -0.4 is 10.1 Å². The third-order valence-electron chi connectivity index (χ3n) is 3.88. The van der Waals surface area contributed by atoms with E-state index in [1.807, 2.05) is 0 Å². The Morgan fingerprint density at radius 2 is 1.89 bits per heavy atom. The van der Waals surface area contributed by atoms with Crippen LogP contribution in [-0.4, -0.2) is 39.8 Å². The first kappa shape index (κ1) is 21.2. The number of nitriles is 1. The lowest BCUT2D eigenvalue weighted by atomic mass is 10.1. The van der Waals surface area contributed by atoms with Crippen LogP contribution in [0.4, 0.5) is 5.69 Å². The van der Waals surface area contributed by atoms with Crippen molar-refractivity contribution in [2.24, 2.45) is 0 Å². The van der Waals surface area contributed by atoms with E-state index in [9.17, 15) is 13.2 Å². The number of hydrogen-bond acceptors (Lipinski definition) is 5. The third-order valence-corrected chi connectivity index (χ3v) is 5.71. The van der Waals surface area contributed by atoms with E-state index in [0.29, 0.717) is 17.7 Å². The van der Waals surface area contributed by atoms with Gasteiger partial charge in [0.25, 0.3) is 0 Å². The SMILES string of the molecule is COc1ccc(/C=C/C(=O)Nc2ccc(CC#N)cc2)cc1S(=O)(=O)N(C)C. The van der Waals surface area contributed by atoms with E-state index in [0.717, 1.165) is 9.87 Å². The molecule has 0 atom stereocenters. The number of carbonyl (C=O) groups excluding carboxylic acids is 1. The highest BCUT2D eigenvalue weighted by Crippen LogP contribution is 2.27. The Labute approximate surface area is 164 Å². The van der Waals surface area contributed by atoms with Crippen LogP contribution in [0.1, 0.15) is 11.1 Å². The topological polar surface area (TPSA) is 99.5 Å². The number of anilines is 1. The molecule has 8 heteroatoms. The molecule has 0 unspecified atom stereocenters. The summed E-state index contributed by atoms with van der Waals surface area (Å²) in [6.45, 7) is 0. The summed E-state index contributed by atoms with van der Waals surface area (Å²) in [5, 5.41) is 11.4. The van der Waals surface area contributed by atoms with E-state index in [1.54, 1.807) is 36.4 Å². The van der Waals surface area contributed by atoms with Crippen molar-refractivity contribution in [3.8, 4) is 11.8 Å². The Balaban J connectivity index is 2.17. The largest absolute Gasteiger partial charge is 0.495 e. The van der Waals surface area contributed by atoms with Crippen LogP contribution in [0.25, 0.3) is 6.08 Å². The normalized spacial score (nSPS) is 11.4. The zero-order chi connectivity index (χ0) is 20.7. The number of hydrogen-bond donors (Lipinski definition) is 1. The predicted molar refractivity (Wildman–Crippen MR) is 107 cm³/mol. The molecule has 2 aromatic carbocycles. The lowest BCUT2D eigenvalue weighted by Crippen LogP contribution is -2.22. The van der Waals surface area contributed by atoms with Crippen LogP contribution in [0.3, 0.4) is 0 Å². The fourth-order valence-corrected chi connectivity index (χ4v) is 3.43. The maximum atomic E-state index is 12.4. The highest BCUT2D eigenvalue weighted by molar-refractivity contribution is 7.89. The summed E-state index contributed by atoms with van der Waals surface area (Å²) in [4.78, 5) is 12.1. The van der Waals surface area contributed by atoms with Gasteiger partial charge in [-0.3, -0.25) is 4.79 Å². The monoisotopic (exact) mass is 399 g/mol. The molecule has 0 fully saturated rings. The van der Waals surface area contributed by atoms with Crippen molar-refractivity contribution < 1.29 is 17.9 Å². The standard InChI is InChI=1S/C20H21N3O4S/c1-23(2)28(25,26)19-14-16(6-10-18(19)27-3)7-11-20(24)22-17-8-4-15(5-9-17)12-13-21/h4-11,14H,12H2,1-3H3,(H,22,24)/b11-7+. The molecule has 1 amide bonds. The van der Waals surface area contributed by atoms with Gasteiger partial charge >= 0.3 is 0 Å². The highest BCUT2D eigenvalue weighted by Gasteiger charge is 2.22. The Morgan fingerprint density at radius 3 is 2.46 bits per heavy atom. The average molecular weight is 399 g/mol. The van der Waals surface area contributed by atoms with E-state index >= 15 is 0 Å². The summed E-state index contributed by atoms with van der Waals surface area (Å²) in [7, 11) is 0.585. The first-order valence-corrected chi connectivity index (χ1v) is 9.77. The quantitative estimate of drug-likeness (QED) is 0.722. The number of benzene rings is 2. The summed E-state index contributed by atoms with van der Waals surface area (Å²) in [5.74, 6) is -0.131. The van der Waals surface area contributed by atoms with Crippen LogP contribution >= 0.6 is 0 Å². The van der Waals surface area contributed by atoms with E-state index in [1.165, 1.54) is 39.4 Å². The Hall–Kier alpha value is -3.15. The van der Waals surface area contributed by atoms with Crippen molar-refractivity contribution >= 4 is 27.7 Å². The molecule has 1 N–H and O–H groups in total. The second-order valence-corrected chi connectivity index (χ2v) is 8.17. The molecule has 0 radical (unpaired) electrons. The number of ether oxygens (including phenoxy) is 1. The maximum absolute atomic E-state index is 12.4. The molecule has 7 nitrogen and oxygen atoms in total. The van der Waals surface area contributed by atoms with Crippen molar-refractivity contribution in [2.75, 3.05) is 26.5 Å². The van der Waals surface area contributed by atoms with Crippen molar-refractivity contribution in [3.63, 3.8) is 0 Å². The van der Waals surface area contributed by atoms with Crippen LogP contribution in [0.2, 0.25) is 0 Å². The molecule has 146 valence electrons. The molecule has 0 saturated carbocycles. The maximum Gasteiger partial charge on any atom is 0.248 e. The Morgan fingerprint density at radius 1 is 1.21 bits per heavy atom. The van der Waals surface area contributed by atoms with E-state index in [-0.39, 0.29) is 16.6 Å². The van der Waals surface area contributed by atoms with Crippen molar-refractivity contribution in [1.29, 1.82) is 5.26 Å². The van der Waals surface area contributed by atoms with Gasteiger partial charge < -0.3 is 10.1 Å². The fraction of sp³-hybridized carbons (Fsp3) is 0.200. The van der Waals surface area contributed by atoms with Gasteiger partial charge in [0.1, 0.15) is 10.6 Å². The molecule has 0 spiro atoms. The minimum absolute atomic E-state index is 0.0237. The van der Waals surface area contributed by atoms with Gasteiger partial charge in [-0.1, -0.05) is 18.2 Å². The predicted octanol–water partition coefficient (Wildman–Crippen LogP) is 2.66. The van der Waals surface area contributed by atoms with Gasteiger partial charge in [0.2, 0.25) is 15.9 Å². The van der Waals surface area contributed by atoms with Gasteiger partial charge in [-0.15, -0.1) is 0 Å². The van der Waals surface area contributed by atoms with Crippen LogP contribution in [-0.2, 0) is 21.2 Å². The minimum Gasteiger partial charge on any atom is -0.495 e. The first-order valence-electron chi connectivity index (χ1n) is 8.33. The zero-order valence-corrected chi connectivity index (χ0v) is 16.7. The number of methoxy groups -OCH3 is 1. The van der Waals surface area contributed by atoms with Gasteiger partial charge in [-0.05, 0) is 41.5 Å². The highest BCUT2D eigenvalue weighted by atomic mass is 32.2. The number of rotatable bonds is 7. The molecule has 0 saturated heterocycles. The summed E-state index contributed by atoms with van der Waals surface area (Å²) < 4.78 is 31.1. The summed E-state index contributed by atoms with van der Waals surface area (Å²) in [5.41, 5.74) is 2.01. The van der Waals surface area contributed by atoms with Crippen LogP contribution in [0.5, 0.6) is 5.75 Å². The average Bonchev–Trinajstić information content (AvgIpc) is 2.67. The van der Waals surface area contributed by atoms with Gasteiger partial charge in [0.15, 0.2) is 0 Å². The molecule has 2 rings (SSSR count). The minimum atomic E-state index is -3.69. The summed E-state index contributed by atoms with van der Waals surface area (Å²) >= 11 is 0. The van der Waals surface area contributed by atoms with Crippen LogP contribution in [0, 0.1) is 11.3 Å². The van der Waals surface area contributed by atoms with Crippen molar-refractivity contribution in [2.45, 2.75) is 11.3 Å². The third kappa shape index (κ3) is 5.19. The second kappa shape index (κ2) is 9.17. The molecule has 28 heavy (non-hydrogen) atoms. The molecule has 0 aliphatic heterocycles. The second-order valence-electron chi connectivity index (χ2n) is 6.05. The summed E-state index contributed by atoms with van der Waals surface area (Å²) in [6, 6.07) is 13.7. The lowest BCUT2D eigenvalue weighted by Gasteiger charge is -2.15. The van der Waals surface area contributed by atoms with E-state index in [2.05, 4.69) is 11.4 Å². The van der Waals surface area contributed by atoms with Gasteiger partial charge in [0, 0.05) is 25.9 Å². The molecule has 0 aliphatic rings. The smallest absolute Gasteiger partial charge is 0.248 e. The first-order chi connectivity index (χ1) is 13.3. The number of nitrogens with one attached hydrogen (secondary N) is 1. The Bertz CT molecular complexity index is 1020. The summed E-state index contributed by atoms with van der Waals surface area (Å²) in [6.07, 6.45) is 3.15. The Kier molecular flexibility index (Phi) is 6.93. The van der Waals surface area contributed by atoms with Gasteiger partial charge in [-0.25, -0.2) is 12.7 Å². The van der Waals surface area contributed by atoms with Gasteiger partial charge in [0.05, 0.1) is 19.6 Å². The number of sulfonamides is 1. The molecular weight excluding hydrogens is 378 g/mol. The molecule has 0 heterocycles. The molecule has 0 aromatic heterocycles. The van der Waals surface area contributed by atoms with Gasteiger partial charge in [-0.2, -0.15) is 5.26 Å². The fourth-order valence-electron chi connectivity index (χ4n) is 2.35. The number of amides is 1. The van der Waals surface area contributed by atoms with Crippen molar-refractivity contribution in [3.05, 3.63) is 59.7 Å². The van der Waals surface area contributed by atoms with Crippen molar-refractivity contribution in [1.82, 2.24) is 4.31 Å². The van der Waals surface area contributed by atoms with E-state index in [4.69, 9.17) is 10.00 Å². The number of nitrogens with zero attached hydrogens (tertiary/aromatic N) is 2. The molecular formula is C20H21N3O4S. The lowest BCUT2D eigenvalue weighted by molar-refractivity contribution is -0.111. The van der Waals surface area contributed by atoms with E-state index < -0.39 is 10.0 Å². The number of carbonyl (C=O) groups is 1. The molecule has 0 bridgehead atoms. The van der Waals surface area contributed by atoms with Crippen LogP contribution in [0.15, 0.2) is 53.4 Å². The molecule has 0 aliphatic carbocycles. The molecule has 2 aromatic rings.